The summed E-state index contributed by atoms with van der Waals surface area (Å²) in [6.45, 7) is 1.75. The van der Waals surface area contributed by atoms with Crippen LogP contribution >= 0.6 is 0 Å². The Bertz CT molecular complexity index is 999. The number of nitrogens with zero attached hydrogens (tertiary/aromatic N) is 4. The highest BCUT2D eigenvalue weighted by Gasteiger charge is 2.33. The summed E-state index contributed by atoms with van der Waals surface area (Å²) in [7, 11) is 0. The van der Waals surface area contributed by atoms with Crippen LogP contribution in [0.1, 0.15) is 22.6 Å². The maximum atomic E-state index is 12.7. The maximum Gasteiger partial charge on any atom is 0.308 e. The number of hydrogen-bond donors (Lipinski definition) is 1. The van der Waals surface area contributed by atoms with Crippen molar-refractivity contribution in [1.82, 2.24) is 14.7 Å². The number of rotatable bonds is 4. The third-order valence-electron chi connectivity index (χ3n) is 4.44. The molecule has 2 heterocycles. The molecule has 1 aliphatic heterocycles. The molecule has 1 aliphatic rings. The zero-order valence-electron chi connectivity index (χ0n) is 14.4. The van der Waals surface area contributed by atoms with Gasteiger partial charge in [0.2, 0.25) is 5.43 Å². The molecule has 0 aliphatic carbocycles. The Balaban J connectivity index is 2.04. The standard InChI is InChI=1S/C17H16N4O6/c1-10-8-14(22)15(16(23)19-7-6-11(9-19)17(24)25)18-20(10)12-4-2-3-5-13(12)21(26)27/h2-5,8,11H,6-7,9H2,1H3,(H,24,25). The van der Waals surface area contributed by atoms with E-state index < -0.39 is 33.8 Å². The van der Waals surface area contributed by atoms with Crippen LogP contribution in [0.2, 0.25) is 0 Å². The van der Waals surface area contributed by atoms with Gasteiger partial charge in [-0.3, -0.25) is 24.5 Å². The van der Waals surface area contributed by atoms with Crippen LogP contribution in [0.4, 0.5) is 5.69 Å². The molecule has 140 valence electrons. The number of carbonyl (C=O) groups is 2. The Morgan fingerprint density at radius 1 is 1.33 bits per heavy atom. The molecule has 0 radical (unpaired) electrons. The van der Waals surface area contributed by atoms with E-state index in [2.05, 4.69) is 5.10 Å². The molecule has 1 fully saturated rings. The summed E-state index contributed by atoms with van der Waals surface area (Å²) >= 11 is 0. The lowest BCUT2D eigenvalue weighted by Crippen LogP contribution is -2.35. The summed E-state index contributed by atoms with van der Waals surface area (Å²) in [4.78, 5) is 48.0. The number of likely N-dealkylation sites (tertiary alicyclic amines) is 1. The van der Waals surface area contributed by atoms with Gasteiger partial charge < -0.3 is 10.0 Å². The molecule has 1 atom stereocenters. The van der Waals surface area contributed by atoms with E-state index in [4.69, 9.17) is 5.11 Å². The number of carboxylic acid groups (broad SMARTS) is 1. The van der Waals surface area contributed by atoms with Crippen LogP contribution in [-0.4, -0.2) is 49.7 Å². The minimum Gasteiger partial charge on any atom is -0.481 e. The molecule has 27 heavy (non-hydrogen) atoms. The van der Waals surface area contributed by atoms with Crippen molar-refractivity contribution >= 4 is 17.6 Å². The van der Waals surface area contributed by atoms with Gasteiger partial charge in [-0.2, -0.15) is 5.10 Å². The van der Waals surface area contributed by atoms with Gasteiger partial charge in [0.25, 0.3) is 11.6 Å². The lowest BCUT2D eigenvalue weighted by Gasteiger charge is -2.16. The lowest BCUT2D eigenvalue weighted by molar-refractivity contribution is -0.384. The quantitative estimate of drug-likeness (QED) is 0.624. The molecule has 2 aromatic rings. The second-order valence-corrected chi connectivity index (χ2v) is 6.23. The van der Waals surface area contributed by atoms with Crippen LogP contribution in [0.5, 0.6) is 0 Å². The van der Waals surface area contributed by atoms with Crippen LogP contribution in [0.25, 0.3) is 5.69 Å². The van der Waals surface area contributed by atoms with Crippen molar-refractivity contribution in [2.75, 3.05) is 13.1 Å². The number of nitro groups is 1. The van der Waals surface area contributed by atoms with Gasteiger partial charge in [-0.05, 0) is 19.4 Å². The van der Waals surface area contributed by atoms with Crippen molar-refractivity contribution in [1.29, 1.82) is 0 Å². The van der Waals surface area contributed by atoms with E-state index in [1.54, 1.807) is 13.0 Å². The van der Waals surface area contributed by atoms with Crippen LogP contribution in [-0.2, 0) is 4.79 Å². The van der Waals surface area contributed by atoms with Crippen LogP contribution in [0.15, 0.2) is 35.1 Å². The number of carbonyl (C=O) groups excluding carboxylic acids is 1. The topological polar surface area (TPSA) is 136 Å². The van der Waals surface area contributed by atoms with Gasteiger partial charge in [0, 0.05) is 30.9 Å². The average molecular weight is 372 g/mol. The molecule has 1 aromatic heterocycles. The van der Waals surface area contributed by atoms with Gasteiger partial charge in [0.15, 0.2) is 5.69 Å². The predicted octanol–water partition coefficient (Wildman–Crippen LogP) is 0.996. The minimum absolute atomic E-state index is 0.00531. The Morgan fingerprint density at radius 3 is 2.67 bits per heavy atom. The minimum atomic E-state index is -1.00. The first-order valence-corrected chi connectivity index (χ1v) is 8.16. The number of amides is 1. The van der Waals surface area contributed by atoms with Crippen LogP contribution < -0.4 is 5.43 Å². The summed E-state index contributed by atoms with van der Waals surface area (Å²) in [5, 5.41) is 24.4. The van der Waals surface area contributed by atoms with Crippen LogP contribution in [0, 0.1) is 23.0 Å². The first-order valence-electron chi connectivity index (χ1n) is 8.16. The first-order chi connectivity index (χ1) is 12.8. The smallest absolute Gasteiger partial charge is 0.308 e. The van der Waals surface area contributed by atoms with Crippen molar-refractivity contribution in [3.63, 3.8) is 0 Å². The fourth-order valence-corrected chi connectivity index (χ4v) is 3.03. The molecule has 10 heteroatoms. The van der Waals surface area contributed by atoms with Gasteiger partial charge in [-0.25, -0.2) is 4.68 Å². The van der Waals surface area contributed by atoms with Gasteiger partial charge in [0.1, 0.15) is 5.69 Å². The zero-order chi connectivity index (χ0) is 19.7. The summed E-state index contributed by atoms with van der Waals surface area (Å²) in [5.41, 5.74) is -0.785. The second-order valence-electron chi connectivity index (χ2n) is 6.23. The summed E-state index contributed by atoms with van der Waals surface area (Å²) in [6.07, 6.45) is 0.297. The summed E-state index contributed by atoms with van der Waals surface area (Å²) < 4.78 is 1.18. The van der Waals surface area contributed by atoms with Crippen molar-refractivity contribution in [3.05, 3.63) is 62.1 Å². The SMILES string of the molecule is Cc1cc(=O)c(C(=O)N2CCC(C(=O)O)C2)nn1-c1ccccc1[N+](=O)[O-]. The number of benzene rings is 1. The molecular formula is C17H16N4O6. The van der Waals surface area contributed by atoms with Gasteiger partial charge in [0.05, 0.1) is 10.8 Å². The van der Waals surface area contributed by atoms with Gasteiger partial charge >= 0.3 is 5.97 Å². The largest absolute Gasteiger partial charge is 0.481 e. The predicted molar refractivity (Wildman–Crippen MR) is 92.9 cm³/mol. The fraction of sp³-hybridized carbons (Fsp3) is 0.294. The number of para-hydroxylation sites is 2. The lowest BCUT2D eigenvalue weighted by atomic mass is 10.1. The Labute approximate surface area is 152 Å². The normalized spacial score (nSPS) is 16.3. The van der Waals surface area contributed by atoms with E-state index in [-0.39, 0.29) is 24.5 Å². The van der Waals surface area contributed by atoms with E-state index in [9.17, 15) is 24.5 Å². The second kappa shape index (κ2) is 6.98. The highest BCUT2D eigenvalue weighted by molar-refractivity contribution is 5.92. The number of aliphatic carboxylic acids is 1. The van der Waals surface area contributed by atoms with E-state index in [1.807, 2.05) is 0 Å². The third kappa shape index (κ3) is 3.41. The Hall–Kier alpha value is -3.56. The van der Waals surface area contributed by atoms with Crippen molar-refractivity contribution in [3.8, 4) is 5.69 Å². The van der Waals surface area contributed by atoms with Crippen molar-refractivity contribution in [2.24, 2.45) is 5.92 Å². The van der Waals surface area contributed by atoms with E-state index in [1.165, 1.54) is 33.8 Å². The monoisotopic (exact) mass is 372 g/mol. The molecule has 1 unspecified atom stereocenters. The molecule has 0 bridgehead atoms. The molecule has 0 saturated carbocycles. The summed E-state index contributed by atoms with van der Waals surface area (Å²) in [5.74, 6) is -2.37. The third-order valence-corrected chi connectivity index (χ3v) is 4.44. The van der Waals surface area contributed by atoms with E-state index >= 15 is 0 Å². The average Bonchev–Trinajstić information content (AvgIpc) is 3.12. The molecule has 0 spiro atoms. The number of carboxylic acids is 1. The Kier molecular flexibility index (Phi) is 4.72. The molecule has 1 aromatic carbocycles. The fourth-order valence-electron chi connectivity index (χ4n) is 3.03. The molecule has 10 nitrogen and oxygen atoms in total. The maximum absolute atomic E-state index is 12.7. The number of aryl methyl sites for hydroxylation is 1. The first kappa shape index (κ1) is 18.2. The van der Waals surface area contributed by atoms with Gasteiger partial charge in [-0.1, -0.05) is 12.1 Å². The van der Waals surface area contributed by atoms with E-state index in [0.717, 1.165) is 0 Å². The summed E-state index contributed by atoms with van der Waals surface area (Å²) in [6, 6.07) is 7.03. The van der Waals surface area contributed by atoms with Crippen molar-refractivity contribution < 1.29 is 19.6 Å². The highest BCUT2D eigenvalue weighted by Crippen LogP contribution is 2.23. The van der Waals surface area contributed by atoms with Gasteiger partial charge in [-0.15, -0.1) is 0 Å². The molecule has 3 rings (SSSR count). The molecular weight excluding hydrogens is 356 g/mol. The number of nitro benzene ring substituents is 1. The number of hydrogen-bond acceptors (Lipinski definition) is 6. The number of aromatic nitrogens is 2. The highest BCUT2D eigenvalue weighted by atomic mass is 16.6. The van der Waals surface area contributed by atoms with Crippen LogP contribution in [0.3, 0.4) is 0 Å². The van der Waals surface area contributed by atoms with Crippen molar-refractivity contribution in [2.45, 2.75) is 13.3 Å². The molecule has 1 amide bonds. The molecule has 1 N–H and O–H groups in total. The Morgan fingerprint density at radius 2 is 2.04 bits per heavy atom. The zero-order valence-corrected chi connectivity index (χ0v) is 14.4. The molecule has 1 saturated heterocycles. The van der Waals surface area contributed by atoms with E-state index in [0.29, 0.717) is 12.1 Å².